The fraction of sp³-hybridized carbons (Fsp3) is 0.294. The molecule has 0 saturated heterocycles. The number of nitrogens with two attached hydrogens (primary N) is 1. The van der Waals surface area contributed by atoms with Gasteiger partial charge in [0.05, 0.1) is 11.2 Å². The molecule has 0 bridgehead atoms. The predicted octanol–water partition coefficient (Wildman–Crippen LogP) is 3.99. The molecule has 0 amide bonds. The van der Waals surface area contributed by atoms with Crippen LogP contribution in [0.25, 0.3) is 22.2 Å². The van der Waals surface area contributed by atoms with Crippen molar-refractivity contribution in [1.29, 1.82) is 0 Å². The van der Waals surface area contributed by atoms with Gasteiger partial charge >= 0.3 is 0 Å². The first-order valence-corrected chi connectivity index (χ1v) is 8.30. The molecule has 0 saturated carbocycles. The molecule has 3 aromatic rings. The molecular formula is C17H17N3S. The summed E-state index contributed by atoms with van der Waals surface area (Å²) in [5, 5.41) is 3.93. The number of hydrogen-bond donors (Lipinski definition) is 1. The quantitative estimate of drug-likeness (QED) is 0.777. The Labute approximate surface area is 127 Å². The zero-order valence-electron chi connectivity index (χ0n) is 12.0. The Morgan fingerprint density at radius 3 is 2.90 bits per heavy atom. The minimum Gasteiger partial charge on any atom is -0.375 e. The Morgan fingerprint density at radius 2 is 2.14 bits per heavy atom. The number of pyridine rings is 1. The first kappa shape index (κ1) is 12.8. The van der Waals surface area contributed by atoms with Gasteiger partial charge in [0.25, 0.3) is 0 Å². The minimum atomic E-state index is 0.633. The van der Waals surface area contributed by atoms with Crippen molar-refractivity contribution in [3.8, 4) is 11.3 Å². The van der Waals surface area contributed by atoms with E-state index in [1.807, 2.05) is 0 Å². The van der Waals surface area contributed by atoms with Gasteiger partial charge in [-0.3, -0.25) is 4.98 Å². The van der Waals surface area contributed by atoms with Crippen molar-refractivity contribution in [1.82, 2.24) is 9.97 Å². The van der Waals surface area contributed by atoms with Gasteiger partial charge in [0, 0.05) is 22.0 Å². The van der Waals surface area contributed by atoms with Crippen LogP contribution in [0.4, 0.5) is 5.13 Å². The molecule has 2 N–H and O–H groups in total. The maximum absolute atomic E-state index is 5.85. The minimum absolute atomic E-state index is 0.633. The largest absolute Gasteiger partial charge is 0.375 e. The number of benzene rings is 1. The number of anilines is 1. The van der Waals surface area contributed by atoms with E-state index >= 15 is 0 Å². The van der Waals surface area contributed by atoms with Crippen LogP contribution in [0.15, 0.2) is 23.6 Å². The number of nitrogens with zero attached hydrogens (tertiary/aromatic N) is 2. The smallest absolute Gasteiger partial charge is 0.180 e. The van der Waals surface area contributed by atoms with Gasteiger partial charge in [0.1, 0.15) is 0 Å². The zero-order valence-corrected chi connectivity index (χ0v) is 12.8. The summed E-state index contributed by atoms with van der Waals surface area (Å²) in [5.74, 6) is 0. The van der Waals surface area contributed by atoms with Crippen LogP contribution in [0.2, 0.25) is 0 Å². The second-order valence-electron chi connectivity index (χ2n) is 5.54. The molecule has 0 aliphatic heterocycles. The summed E-state index contributed by atoms with van der Waals surface area (Å²) in [6, 6.07) is 6.59. The number of aromatic nitrogens is 2. The average Bonchev–Trinajstić information content (AvgIpc) is 3.12. The molecule has 3 nitrogen and oxygen atoms in total. The lowest BCUT2D eigenvalue weighted by Gasteiger charge is -2.11. The van der Waals surface area contributed by atoms with E-state index in [0.29, 0.717) is 5.13 Å². The third-order valence-corrected chi connectivity index (χ3v) is 4.94. The highest BCUT2D eigenvalue weighted by Gasteiger charge is 2.22. The molecule has 0 atom stereocenters. The summed E-state index contributed by atoms with van der Waals surface area (Å²) in [7, 11) is 0. The maximum atomic E-state index is 5.85. The molecule has 21 heavy (non-hydrogen) atoms. The zero-order chi connectivity index (χ0) is 14.4. The second-order valence-corrected chi connectivity index (χ2v) is 6.43. The summed E-state index contributed by atoms with van der Waals surface area (Å²) in [4.78, 5) is 9.40. The van der Waals surface area contributed by atoms with Crippen LogP contribution in [0.1, 0.15) is 30.2 Å². The second kappa shape index (κ2) is 4.81. The summed E-state index contributed by atoms with van der Waals surface area (Å²) >= 11 is 1.51. The molecule has 1 aromatic carbocycles. The highest BCUT2D eigenvalue weighted by Crippen LogP contribution is 2.38. The summed E-state index contributed by atoms with van der Waals surface area (Å²) in [6.45, 7) is 2.18. The standard InChI is InChI=1S/C17H17N3S/c1-2-10-6-7-14-12(8-10)16(15-9-21-17(18)20-15)11-4-3-5-13(11)19-14/h6-9H,2-5H2,1H3,(H2,18,20). The topological polar surface area (TPSA) is 51.8 Å². The van der Waals surface area contributed by atoms with Crippen molar-refractivity contribution in [2.75, 3.05) is 5.73 Å². The van der Waals surface area contributed by atoms with Gasteiger partial charge in [-0.15, -0.1) is 11.3 Å². The van der Waals surface area contributed by atoms with Gasteiger partial charge in [-0.2, -0.15) is 0 Å². The Morgan fingerprint density at radius 1 is 1.24 bits per heavy atom. The van der Waals surface area contributed by atoms with Gasteiger partial charge in [-0.1, -0.05) is 13.0 Å². The Kier molecular flexibility index (Phi) is 2.93. The van der Waals surface area contributed by atoms with Gasteiger partial charge in [-0.25, -0.2) is 4.98 Å². The average molecular weight is 295 g/mol. The summed E-state index contributed by atoms with van der Waals surface area (Å²) in [6.07, 6.45) is 4.40. The van der Waals surface area contributed by atoms with E-state index < -0.39 is 0 Å². The van der Waals surface area contributed by atoms with E-state index in [4.69, 9.17) is 10.7 Å². The normalized spacial score (nSPS) is 13.8. The molecule has 0 spiro atoms. The molecule has 4 heteroatoms. The van der Waals surface area contributed by atoms with Gasteiger partial charge in [-0.05, 0) is 48.9 Å². The lowest BCUT2D eigenvalue weighted by Crippen LogP contribution is -1.97. The van der Waals surface area contributed by atoms with Crippen LogP contribution in [-0.4, -0.2) is 9.97 Å². The molecule has 2 heterocycles. The van der Waals surface area contributed by atoms with Gasteiger partial charge in [0.15, 0.2) is 5.13 Å². The molecule has 4 rings (SSSR count). The Balaban J connectivity index is 2.09. The number of aryl methyl sites for hydroxylation is 2. The fourth-order valence-corrected chi connectivity index (χ4v) is 3.78. The number of nitrogen functional groups attached to an aromatic ring is 1. The third kappa shape index (κ3) is 2.02. The van der Waals surface area contributed by atoms with Crippen molar-refractivity contribution in [2.45, 2.75) is 32.6 Å². The van der Waals surface area contributed by atoms with Crippen molar-refractivity contribution in [3.63, 3.8) is 0 Å². The van der Waals surface area contributed by atoms with Crippen molar-refractivity contribution < 1.29 is 0 Å². The third-order valence-electron chi connectivity index (χ3n) is 4.26. The predicted molar refractivity (Wildman–Crippen MR) is 88.7 cm³/mol. The van der Waals surface area contributed by atoms with Gasteiger partial charge in [0.2, 0.25) is 0 Å². The molecule has 1 aliphatic carbocycles. The van der Waals surface area contributed by atoms with Crippen LogP contribution in [0.3, 0.4) is 0 Å². The first-order valence-electron chi connectivity index (χ1n) is 7.42. The monoisotopic (exact) mass is 295 g/mol. The van der Waals surface area contributed by atoms with E-state index in [2.05, 4.69) is 35.5 Å². The number of hydrogen-bond acceptors (Lipinski definition) is 4. The maximum Gasteiger partial charge on any atom is 0.180 e. The highest BCUT2D eigenvalue weighted by atomic mass is 32.1. The van der Waals surface area contributed by atoms with Crippen molar-refractivity contribution >= 4 is 27.4 Å². The van der Waals surface area contributed by atoms with Crippen LogP contribution < -0.4 is 5.73 Å². The lowest BCUT2D eigenvalue weighted by atomic mass is 9.97. The first-order chi connectivity index (χ1) is 10.3. The molecule has 106 valence electrons. The van der Waals surface area contributed by atoms with E-state index in [-0.39, 0.29) is 0 Å². The molecule has 0 radical (unpaired) electrons. The molecule has 0 fully saturated rings. The number of rotatable bonds is 2. The lowest BCUT2D eigenvalue weighted by molar-refractivity contribution is 0.901. The van der Waals surface area contributed by atoms with Crippen LogP contribution >= 0.6 is 11.3 Å². The number of fused-ring (bicyclic) bond motifs is 2. The van der Waals surface area contributed by atoms with E-state index in [1.165, 1.54) is 45.5 Å². The molecular weight excluding hydrogens is 278 g/mol. The van der Waals surface area contributed by atoms with Crippen LogP contribution in [-0.2, 0) is 19.3 Å². The Hall–Kier alpha value is -1.94. The molecule has 0 unspecified atom stereocenters. The highest BCUT2D eigenvalue weighted by molar-refractivity contribution is 7.13. The van der Waals surface area contributed by atoms with Crippen LogP contribution in [0.5, 0.6) is 0 Å². The number of thiazole rings is 1. The van der Waals surface area contributed by atoms with Crippen LogP contribution in [0, 0.1) is 0 Å². The molecule has 2 aromatic heterocycles. The fourth-order valence-electron chi connectivity index (χ4n) is 3.22. The van der Waals surface area contributed by atoms with E-state index in [1.54, 1.807) is 0 Å². The summed E-state index contributed by atoms with van der Waals surface area (Å²) < 4.78 is 0. The summed E-state index contributed by atoms with van der Waals surface area (Å²) in [5.41, 5.74) is 13.2. The van der Waals surface area contributed by atoms with Crippen molar-refractivity contribution in [3.05, 3.63) is 40.4 Å². The van der Waals surface area contributed by atoms with E-state index in [0.717, 1.165) is 30.5 Å². The van der Waals surface area contributed by atoms with Gasteiger partial charge < -0.3 is 5.73 Å². The van der Waals surface area contributed by atoms with E-state index in [9.17, 15) is 0 Å². The SMILES string of the molecule is CCc1ccc2nc3c(c(-c4csc(N)n4)c2c1)CCC3. The Bertz CT molecular complexity index is 835. The molecule has 1 aliphatic rings. The van der Waals surface area contributed by atoms with Crippen molar-refractivity contribution in [2.24, 2.45) is 0 Å².